The number of halogens is 1. The number of aryl methyl sites for hydroxylation is 1. The highest BCUT2D eigenvalue weighted by molar-refractivity contribution is 9.10. The van der Waals surface area contributed by atoms with Crippen molar-refractivity contribution in [3.63, 3.8) is 0 Å². The van der Waals surface area contributed by atoms with Crippen molar-refractivity contribution < 1.29 is 4.74 Å². The largest absolute Gasteiger partial charge is 0.493 e. The fraction of sp³-hybridized carbons (Fsp3) is 0.625. The van der Waals surface area contributed by atoms with Gasteiger partial charge in [-0.2, -0.15) is 0 Å². The molecule has 2 heteroatoms. The third-order valence-corrected chi connectivity index (χ3v) is 3.64. The predicted octanol–water partition coefficient (Wildman–Crippen LogP) is 5.89. The summed E-state index contributed by atoms with van der Waals surface area (Å²) in [5.41, 5.74) is 1.20. The van der Waals surface area contributed by atoms with E-state index in [1.807, 2.05) is 12.1 Å². The molecule has 0 fully saturated rings. The van der Waals surface area contributed by atoms with E-state index in [1.54, 1.807) is 0 Å². The Morgan fingerprint density at radius 3 is 2.33 bits per heavy atom. The van der Waals surface area contributed by atoms with Gasteiger partial charge >= 0.3 is 0 Å². The van der Waals surface area contributed by atoms with Crippen LogP contribution in [0.5, 0.6) is 5.75 Å². The number of hydrogen-bond donors (Lipinski definition) is 0. The molecular weight excluding hydrogens is 288 g/mol. The van der Waals surface area contributed by atoms with Crippen molar-refractivity contribution in [1.29, 1.82) is 0 Å². The highest BCUT2D eigenvalue weighted by Crippen LogP contribution is 2.22. The second kappa shape index (κ2) is 9.43. The smallest absolute Gasteiger partial charge is 0.122 e. The number of rotatable bonds is 9. The van der Waals surface area contributed by atoms with Gasteiger partial charge in [-0.25, -0.2) is 0 Å². The number of ether oxygens (including phenoxy) is 1. The van der Waals surface area contributed by atoms with Crippen molar-refractivity contribution in [1.82, 2.24) is 0 Å². The molecule has 0 saturated heterocycles. The molecule has 0 atom stereocenters. The highest BCUT2D eigenvalue weighted by atomic mass is 79.9. The summed E-state index contributed by atoms with van der Waals surface area (Å²) in [4.78, 5) is 0. The lowest BCUT2D eigenvalue weighted by atomic mass is 10.1. The van der Waals surface area contributed by atoms with Crippen molar-refractivity contribution in [2.24, 2.45) is 0 Å². The first kappa shape index (κ1) is 15.6. The maximum absolute atomic E-state index is 5.80. The molecule has 0 unspecified atom stereocenters. The molecule has 0 heterocycles. The third-order valence-electron chi connectivity index (χ3n) is 3.14. The summed E-state index contributed by atoms with van der Waals surface area (Å²) in [5, 5.41) is 0. The Hall–Kier alpha value is -0.500. The summed E-state index contributed by atoms with van der Waals surface area (Å²) in [6, 6.07) is 6.17. The zero-order valence-electron chi connectivity index (χ0n) is 11.7. The minimum atomic E-state index is 0.844. The first-order valence-corrected chi connectivity index (χ1v) is 7.92. The lowest BCUT2D eigenvalue weighted by molar-refractivity contribution is 0.302. The van der Waals surface area contributed by atoms with Gasteiger partial charge in [-0.15, -0.1) is 0 Å². The number of benzene rings is 1. The van der Waals surface area contributed by atoms with Crippen LogP contribution in [0.4, 0.5) is 0 Å². The maximum atomic E-state index is 5.80. The first-order chi connectivity index (χ1) is 8.74. The molecule has 1 aromatic rings. The Bertz CT molecular complexity index is 336. The Kier molecular flexibility index (Phi) is 8.15. The highest BCUT2D eigenvalue weighted by Gasteiger charge is 1.99. The SMILES string of the molecule is CCCCCCCCCOc1ccc(Br)cc1C. The summed E-state index contributed by atoms with van der Waals surface area (Å²) in [7, 11) is 0. The van der Waals surface area contributed by atoms with Gasteiger partial charge in [-0.1, -0.05) is 61.4 Å². The van der Waals surface area contributed by atoms with Gasteiger partial charge in [0.25, 0.3) is 0 Å². The fourth-order valence-corrected chi connectivity index (χ4v) is 2.49. The number of hydrogen-bond acceptors (Lipinski definition) is 1. The topological polar surface area (TPSA) is 9.23 Å². The molecule has 1 aromatic carbocycles. The lowest BCUT2D eigenvalue weighted by Crippen LogP contribution is -1.98. The van der Waals surface area contributed by atoms with Crippen LogP contribution in [0.15, 0.2) is 22.7 Å². The van der Waals surface area contributed by atoms with E-state index in [0.29, 0.717) is 0 Å². The van der Waals surface area contributed by atoms with Gasteiger partial charge in [0.05, 0.1) is 6.61 Å². The maximum Gasteiger partial charge on any atom is 0.122 e. The monoisotopic (exact) mass is 312 g/mol. The molecule has 0 aromatic heterocycles. The van der Waals surface area contributed by atoms with Crippen molar-refractivity contribution >= 4 is 15.9 Å². The molecule has 0 aliphatic rings. The fourth-order valence-electron chi connectivity index (χ4n) is 2.02. The number of unbranched alkanes of at least 4 members (excludes halogenated alkanes) is 6. The minimum Gasteiger partial charge on any atom is -0.493 e. The average molecular weight is 313 g/mol. The lowest BCUT2D eigenvalue weighted by Gasteiger charge is -2.09. The van der Waals surface area contributed by atoms with Gasteiger partial charge < -0.3 is 4.74 Å². The summed E-state index contributed by atoms with van der Waals surface area (Å²) in [6.45, 7) is 5.19. The predicted molar refractivity (Wildman–Crippen MR) is 82.4 cm³/mol. The molecule has 1 rings (SSSR count). The standard InChI is InChI=1S/C16H25BrO/c1-3-4-5-6-7-8-9-12-18-16-11-10-15(17)13-14(16)2/h10-11,13H,3-9,12H2,1-2H3. The van der Waals surface area contributed by atoms with E-state index >= 15 is 0 Å². The molecule has 1 nitrogen and oxygen atoms in total. The van der Waals surface area contributed by atoms with Crippen molar-refractivity contribution in [3.05, 3.63) is 28.2 Å². The second-order valence-corrected chi connectivity index (χ2v) is 5.80. The van der Waals surface area contributed by atoms with E-state index < -0.39 is 0 Å². The van der Waals surface area contributed by atoms with Gasteiger partial charge in [-0.05, 0) is 37.1 Å². The van der Waals surface area contributed by atoms with E-state index in [-0.39, 0.29) is 0 Å². The summed E-state index contributed by atoms with van der Waals surface area (Å²) in [5.74, 6) is 1.02. The molecule has 0 spiro atoms. The van der Waals surface area contributed by atoms with Crippen LogP contribution >= 0.6 is 15.9 Å². The molecule has 0 radical (unpaired) electrons. The van der Waals surface area contributed by atoms with Crippen LogP contribution in [0.2, 0.25) is 0 Å². The summed E-state index contributed by atoms with van der Waals surface area (Å²) in [6.07, 6.45) is 9.29. The molecular formula is C16H25BrO. The molecule has 0 amide bonds. The molecule has 102 valence electrons. The zero-order chi connectivity index (χ0) is 13.2. The normalized spacial score (nSPS) is 10.6. The van der Waals surface area contributed by atoms with Crippen LogP contribution in [0.25, 0.3) is 0 Å². The second-order valence-electron chi connectivity index (χ2n) is 4.88. The van der Waals surface area contributed by atoms with Gasteiger partial charge in [0.2, 0.25) is 0 Å². The Morgan fingerprint density at radius 2 is 1.67 bits per heavy atom. The minimum absolute atomic E-state index is 0.844. The summed E-state index contributed by atoms with van der Waals surface area (Å²) < 4.78 is 6.91. The molecule has 0 bridgehead atoms. The van der Waals surface area contributed by atoms with E-state index in [2.05, 4.69) is 35.8 Å². The molecule has 18 heavy (non-hydrogen) atoms. The third kappa shape index (κ3) is 6.44. The van der Waals surface area contributed by atoms with Gasteiger partial charge in [0.1, 0.15) is 5.75 Å². The Labute approximate surface area is 120 Å². The van der Waals surface area contributed by atoms with Crippen LogP contribution in [-0.4, -0.2) is 6.61 Å². The van der Waals surface area contributed by atoms with Gasteiger partial charge in [-0.3, -0.25) is 0 Å². The summed E-state index contributed by atoms with van der Waals surface area (Å²) >= 11 is 3.46. The van der Waals surface area contributed by atoms with Crippen LogP contribution in [0.1, 0.15) is 57.4 Å². The van der Waals surface area contributed by atoms with Gasteiger partial charge in [0, 0.05) is 4.47 Å². The van der Waals surface area contributed by atoms with Crippen molar-refractivity contribution in [3.8, 4) is 5.75 Å². The van der Waals surface area contributed by atoms with Gasteiger partial charge in [0.15, 0.2) is 0 Å². The van der Waals surface area contributed by atoms with E-state index in [0.717, 1.165) is 16.8 Å². The van der Waals surface area contributed by atoms with Crippen LogP contribution < -0.4 is 4.74 Å². The zero-order valence-corrected chi connectivity index (χ0v) is 13.3. The van der Waals surface area contributed by atoms with Crippen molar-refractivity contribution in [2.45, 2.75) is 58.8 Å². The quantitative estimate of drug-likeness (QED) is 0.517. The van der Waals surface area contributed by atoms with Crippen LogP contribution in [0, 0.1) is 6.92 Å². The van der Waals surface area contributed by atoms with E-state index in [9.17, 15) is 0 Å². The molecule has 0 aliphatic heterocycles. The van der Waals surface area contributed by atoms with E-state index in [1.165, 1.54) is 50.5 Å². The molecule has 0 saturated carbocycles. The van der Waals surface area contributed by atoms with E-state index in [4.69, 9.17) is 4.74 Å². The van der Waals surface area contributed by atoms with Crippen molar-refractivity contribution in [2.75, 3.05) is 6.61 Å². The first-order valence-electron chi connectivity index (χ1n) is 7.13. The average Bonchev–Trinajstić information content (AvgIpc) is 2.35. The Morgan fingerprint density at radius 1 is 1.00 bits per heavy atom. The Balaban J connectivity index is 2.07. The van der Waals surface area contributed by atoms with Crippen LogP contribution in [0.3, 0.4) is 0 Å². The van der Waals surface area contributed by atoms with Crippen LogP contribution in [-0.2, 0) is 0 Å². The molecule has 0 N–H and O–H groups in total. The molecule has 0 aliphatic carbocycles.